The van der Waals surface area contributed by atoms with Crippen LogP contribution >= 0.6 is 0 Å². The molecule has 0 aliphatic heterocycles. The Labute approximate surface area is 72.2 Å². The highest BCUT2D eigenvalue weighted by atomic mass is 32.3. The normalized spacial score (nSPS) is 11.3. The summed E-state index contributed by atoms with van der Waals surface area (Å²) in [5.74, 6) is -3.88. The minimum atomic E-state index is -5.32. The van der Waals surface area contributed by atoms with Gasteiger partial charge in [-0.1, -0.05) is 9.95 Å². The molecule has 0 aliphatic rings. The van der Waals surface area contributed by atoms with Crippen molar-refractivity contribution < 1.29 is 25.3 Å². The van der Waals surface area contributed by atoms with Crippen molar-refractivity contribution in [3.05, 3.63) is 29.8 Å². The van der Waals surface area contributed by atoms with Gasteiger partial charge in [-0.2, -0.15) is 12.8 Å². The lowest BCUT2D eigenvalue weighted by Gasteiger charge is -2.00. The number of halogens is 3. The molecule has 0 bridgehead atoms. The number of rotatable bonds is 2. The van der Waals surface area contributed by atoms with Crippen LogP contribution in [0.3, 0.4) is 0 Å². The maximum Gasteiger partial charge on any atom is 0.488 e. The second-order valence-electron chi connectivity index (χ2n) is 2.03. The number of hydrogen-bond donors (Lipinski definition) is 0. The second-order valence-corrected chi connectivity index (χ2v) is 2.98. The fourth-order valence-corrected chi connectivity index (χ4v) is 0.999. The summed E-state index contributed by atoms with van der Waals surface area (Å²) in [5, 5.41) is 0. The van der Waals surface area contributed by atoms with Crippen molar-refractivity contribution in [2.75, 3.05) is 0 Å². The van der Waals surface area contributed by atoms with E-state index in [4.69, 9.17) is 0 Å². The molecule has 1 aromatic rings. The molecule has 0 aromatic heterocycles. The highest BCUT2D eigenvalue weighted by Gasteiger charge is 2.15. The molecule has 0 radical (unpaired) electrons. The summed E-state index contributed by atoms with van der Waals surface area (Å²) < 4.78 is 60.1. The van der Waals surface area contributed by atoms with Crippen LogP contribution in [0, 0.1) is 11.6 Å². The van der Waals surface area contributed by atoms with Gasteiger partial charge in [-0.05, 0) is 12.1 Å². The van der Waals surface area contributed by atoms with E-state index >= 15 is 0 Å². The number of benzene rings is 1. The van der Waals surface area contributed by atoms with E-state index in [2.05, 4.69) is 4.18 Å². The standard InChI is InChI=1S/C6H3F3O3S/c7-4-2-1-3-5(6(4)8)12-13(9,10)11/h1-3H. The van der Waals surface area contributed by atoms with E-state index in [1.54, 1.807) is 0 Å². The van der Waals surface area contributed by atoms with Crippen molar-refractivity contribution >= 4 is 10.5 Å². The Morgan fingerprint density at radius 2 is 1.85 bits per heavy atom. The molecule has 0 fully saturated rings. The fraction of sp³-hybridized carbons (Fsp3) is 0. The molecule has 0 saturated heterocycles. The van der Waals surface area contributed by atoms with Crippen molar-refractivity contribution in [2.45, 2.75) is 0 Å². The van der Waals surface area contributed by atoms with E-state index in [-0.39, 0.29) is 0 Å². The van der Waals surface area contributed by atoms with E-state index in [0.29, 0.717) is 0 Å². The van der Waals surface area contributed by atoms with Crippen LogP contribution in [0.5, 0.6) is 5.75 Å². The first-order chi connectivity index (χ1) is 5.90. The molecule has 3 nitrogen and oxygen atoms in total. The topological polar surface area (TPSA) is 43.4 Å². The smallest absolute Gasteiger partial charge is 0.355 e. The van der Waals surface area contributed by atoms with E-state index in [0.717, 1.165) is 18.2 Å². The average Bonchev–Trinajstić information content (AvgIpc) is 1.96. The molecule has 1 aromatic carbocycles. The van der Waals surface area contributed by atoms with Gasteiger partial charge in [0.1, 0.15) is 0 Å². The molecule has 13 heavy (non-hydrogen) atoms. The fourth-order valence-electron chi connectivity index (χ4n) is 0.656. The van der Waals surface area contributed by atoms with Crippen molar-refractivity contribution in [3.8, 4) is 5.75 Å². The molecule has 1 rings (SSSR count). The van der Waals surface area contributed by atoms with Gasteiger partial charge in [0, 0.05) is 0 Å². The molecule has 0 heterocycles. The van der Waals surface area contributed by atoms with Gasteiger partial charge in [0.05, 0.1) is 0 Å². The molecule has 0 aliphatic carbocycles. The third-order valence-electron chi connectivity index (χ3n) is 1.11. The first kappa shape index (κ1) is 9.85. The summed E-state index contributed by atoms with van der Waals surface area (Å²) in [6, 6.07) is 2.52. The monoisotopic (exact) mass is 212 g/mol. The predicted octanol–water partition coefficient (Wildman–Crippen LogP) is 1.56. The summed E-state index contributed by atoms with van der Waals surface area (Å²) in [7, 11) is -5.32. The summed E-state index contributed by atoms with van der Waals surface area (Å²) in [4.78, 5) is 0. The van der Waals surface area contributed by atoms with E-state index in [9.17, 15) is 21.1 Å². The largest absolute Gasteiger partial charge is 0.488 e. The minimum Gasteiger partial charge on any atom is -0.355 e. The van der Waals surface area contributed by atoms with Crippen LogP contribution in [-0.2, 0) is 10.5 Å². The van der Waals surface area contributed by atoms with E-state index in [1.807, 2.05) is 0 Å². The van der Waals surface area contributed by atoms with Crippen LogP contribution in [0.1, 0.15) is 0 Å². The number of hydrogen-bond acceptors (Lipinski definition) is 3. The molecule has 0 atom stereocenters. The van der Waals surface area contributed by atoms with Gasteiger partial charge in [-0.15, -0.1) is 0 Å². The first-order valence-electron chi connectivity index (χ1n) is 2.98. The third-order valence-corrected chi connectivity index (χ3v) is 1.48. The van der Waals surface area contributed by atoms with Crippen LogP contribution in [0.25, 0.3) is 0 Å². The lowest BCUT2D eigenvalue weighted by molar-refractivity contribution is 0.410. The Bertz CT molecular complexity index is 415. The predicted molar refractivity (Wildman–Crippen MR) is 37.0 cm³/mol. The molecule has 0 saturated carbocycles. The second kappa shape index (κ2) is 3.25. The Morgan fingerprint density at radius 3 is 2.38 bits per heavy atom. The van der Waals surface area contributed by atoms with Gasteiger partial charge in [-0.25, -0.2) is 4.39 Å². The Balaban J connectivity index is 3.10. The Morgan fingerprint density at radius 1 is 1.23 bits per heavy atom. The lowest BCUT2D eigenvalue weighted by atomic mass is 10.3. The maximum atomic E-state index is 12.6. The minimum absolute atomic E-state index is 0.743. The Hall–Kier alpha value is -1.24. The van der Waals surface area contributed by atoms with Gasteiger partial charge in [0.2, 0.25) is 5.82 Å². The first-order valence-corrected chi connectivity index (χ1v) is 4.29. The zero-order valence-electron chi connectivity index (χ0n) is 6.00. The van der Waals surface area contributed by atoms with Crippen molar-refractivity contribution in [3.63, 3.8) is 0 Å². The highest BCUT2D eigenvalue weighted by Crippen LogP contribution is 2.20. The lowest BCUT2D eigenvalue weighted by Crippen LogP contribution is -2.03. The van der Waals surface area contributed by atoms with E-state index in [1.165, 1.54) is 0 Å². The zero-order chi connectivity index (χ0) is 10.1. The zero-order valence-corrected chi connectivity index (χ0v) is 6.82. The van der Waals surface area contributed by atoms with Crippen LogP contribution in [0.4, 0.5) is 12.7 Å². The van der Waals surface area contributed by atoms with Gasteiger partial charge in [-0.3, -0.25) is 0 Å². The molecular formula is C6H3F3O3S. The third kappa shape index (κ3) is 2.62. The highest BCUT2D eigenvalue weighted by molar-refractivity contribution is 7.81. The quantitative estimate of drug-likeness (QED) is 0.698. The molecule has 0 spiro atoms. The van der Waals surface area contributed by atoms with Crippen molar-refractivity contribution in [2.24, 2.45) is 0 Å². The van der Waals surface area contributed by atoms with Crippen LogP contribution < -0.4 is 4.18 Å². The summed E-state index contributed by atoms with van der Waals surface area (Å²) in [6.07, 6.45) is 0. The molecule has 0 amide bonds. The van der Waals surface area contributed by atoms with Gasteiger partial charge in [0.15, 0.2) is 11.6 Å². The summed E-state index contributed by atoms with van der Waals surface area (Å²) in [6.45, 7) is 0. The average molecular weight is 212 g/mol. The Kier molecular flexibility index (Phi) is 2.46. The van der Waals surface area contributed by atoms with Gasteiger partial charge >= 0.3 is 10.5 Å². The van der Waals surface area contributed by atoms with Gasteiger partial charge < -0.3 is 4.18 Å². The van der Waals surface area contributed by atoms with Crippen molar-refractivity contribution in [1.82, 2.24) is 0 Å². The SMILES string of the molecule is O=S(=O)(F)Oc1cccc(F)c1F. The molecule has 72 valence electrons. The van der Waals surface area contributed by atoms with Gasteiger partial charge in [0.25, 0.3) is 0 Å². The van der Waals surface area contributed by atoms with Crippen molar-refractivity contribution in [1.29, 1.82) is 0 Å². The molecule has 0 N–H and O–H groups in total. The van der Waals surface area contributed by atoms with E-state index < -0.39 is 27.9 Å². The molecule has 7 heteroatoms. The van der Waals surface area contributed by atoms with Crippen LogP contribution in [0.15, 0.2) is 18.2 Å². The summed E-state index contributed by atoms with van der Waals surface area (Å²) >= 11 is 0. The van der Waals surface area contributed by atoms with Crippen LogP contribution in [0.2, 0.25) is 0 Å². The molecular weight excluding hydrogens is 209 g/mol. The van der Waals surface area contributed by atoms with Crippen LogP contribution in [-0.4, -0.2) is 8.42 Å². The summed E-state index contributed by atoms with van der Waals surface area (Å²) in [5.41, 5.74) is 0. The molecule has 0 unspecified atom stereocenters. The maximum absolute atomic E-state index is 12.6.